The van der Waals surface area contributed by atoms with Crippen molar-refractivity contribution in [3.8, 4) is 0 Å². The van der Waals surface area contributed by atoms with Gasteiger partial charge >= 0.3 is 0 Å². The minimum absolute atomic E-state index is 0.334. The molecule has 2 N–H and O–H groups in total. The minimum Gasteiger partial charge on any atom is -0.346 e. The molecule has 0 heterocycles. The maximum Gasteiger partial charge on any atom is 0.243 e. The van der Waals surface area contributed by atoms with Gasteiger partial charge in [0.2, 0.25) is 11.8 Å². The quantitative estimate of drug-likeness (QED) is 0.736. The molecule has 1 unspecified atom stereocenters. The van der Waals surface area contributed by atoms with Crippen LogP contribution in [0.2, 0.25) is 0 Å². The average Bonchev–Trinajstić information content (AvgIpc) is 2.65. The van der Waals surface area contributed by atoms with Crippen LogP contribution in [0.25, 0.3) is 0 Å². The van der Waals surface area contributed by atoms with Crippen molar-refractivity contribution in [1.29, 1.82) is 0 Å². The van der Waals surface area contributed by atoms with Crippen LogP contribution in [0.3, 0.4) is 0 Å². The Kier molecular flexibility index (Phi) is 6.77. The molecule has 2 aromatic rings. The van der Waals surface area contributed by atoms with E-state index >= 15 is 0 Å². The van der Waals surface area contributed by atoms with Crippen LogP contribution in [0.1, 0.15) is 31.2 Å². The minimum atomic E-state index is -1.67. The van der Waals surface area contributed by atoms with E-state index < -0.39 is 41.5 Å². The SMILES string of the molecule is CCCC(C(=O)NCC(=O)Nc1ccc(F)c(F)c1F)c1ccccc1. The van der Waals surface area contributed by atoms with Gasteiger partial charge in [0.25, 0.3) is 0 Å². The first-order chi connectivity index (χ1) is 12.4. The summed E-state index contributed by atoms with van der Waals surface area (Å²) in [6, 6.07) is 10.8. The summed E-state index contributed by atoms with van der Waals surface area (Å²) in [6.45, 7) is 1.53. The van der Waals surface area contributed by atoms with Gasteiger partial charge in [0, 0.05) is 0 Å². The van der Waals surface area contributed by atoms with Crippen molar-refractivity contribution in [2.75, 3.05) is 11.9 Å². The molecule has 0 saturated carbocycles. The predicted octanol–water partition coefficient (Wildman–Crippen LogP) is 3.74. The van der Waals surface area contributed by atoms with Crippen LogP contribution < -0.4 is 10.6 Å². The molecule has 0 aromatic heterocycles. The van der Waals surface area contributed by atoms with Gasteiger partial charge in [0.15, 0.2) is 17.5 Å². The van der Waals surface area contributed by atoms with E-state index in [-0.39, 0.29) is 5.91 Å². The second-order valence-corrected chi connectivity index (χ2v) is 5.74. The summed E-state index contributed by atoms with van der Waals surface area (Å²) in [5, 5.41) is 4.60. The summed E-state index contributed by atoms with van der Waals surface area (Å²) in [7, 11) is 0. The highest BCUT2D eigenvalue weighted by Crippen LogP contribution is 2.21. The molecular weight excluding hydrogens is 345 g/mol. The van der Waals surface area contributed by atoms with Gasteiger partial charge in [-0.2, -0.15) is 0 Å². The van der Waals surface area contributed by atoms with Gasteiger partial charge in [-0.05, 0) is 24.1 Å². The van der Waals surface area contributed by atoms with Crippen LogP contribution in [0.4, 0.5) is 18.9 Å². The fourth-order valence-corrected chi connectivity index (χ4v) is 2.53. The average molecular weight is 364 g/mol. The molecular formula is C19H19F3N2O2. The molecule has 7 heteroatoms. The Bertz CT molecular complexity index is 782. The van der Waals surface area contributed by atoms with E-state index in [9.17, 15) is 22.8 Å². The van der Waals surface area contributed by atoms with Crippen molar-refractivity contribution in [2.45, 2.75) is 25.7 Å². The molecule has 2 aromatic carbocycles. The van der Waals surface area contributed by atoms with Crippen molar-refractivity contribution >= 4 is 17.5 Å². The number of amides is 2. The van der Waals surface area contributed by atoms with Crippen LogP contribution in [0, 0.1) is 17.5 Å². The zero-order valence-corrected chi connectivity index (χ0v) is 14.2. The molecule has 0 aliphatic rings. The summed E-state index contributed by atoms with van der Waals surface area (Å²) in [6.07, 6.45) is 1.38. The van der Waals surface area contributed by atoms with Gasteiger partial charge in [-0.3, -0.25) is 9.59 Å². The van der Waals surface area contributed by atoms with Crippen LogP contribution in [-0.4, -0.2) is 18.4 Å². The maximum absolute atomic E-state index is 13.6. The summed E-state index contributed by atoms with van der Waals surface area (Å²) < 4.78 is 39.6. The third-order valence-electron chi connectivity index (χ3n) is 3.83. The third-order valence-corrected chi connectivity index (χ3v) is 3.83. The molecule has 0 radical (unpaired) electrons. The normalized spacial score (nSPS) is 11.7. The Morgan fingerprint density at radius 1 is 1.00 bits per heavy atom. The second-order valence-electron chi connectivity index (χ2n) is 5.74. The number of anilines is 1. The van der Waals surface area contributed by atoms with Crippen molar-refractivity contribution in [3.05, 3.63) is 65.5 Å². The number of nitrogens with one attached hydrogen (secondary N) is 2. The molecule has 2 amide bonds. The molecule has 0 spiro atoms. The monoisotopic (exact) mass is 364 g/mol. The Labute approximate surface area is 149 Å². The van der Waals surface area contributed by atoms with E-state index in [1.54, 1.807) is 0 Å². The summed E-state index contributed by atoms with van der Waals surface area (Å²) in [5.74, 6) is -5.99. The maximum atomic E-state index is 13.6. The van der Waals surface area contributed by atoms with Crippen LogP contribution in [0.5, 0.6) is 0 Å². The Hall–Kier alpha value is -2.83. The fourth-order valence-electron chi connectivity index (χ4n) is 2.53. The molecule has 2 rings (SSSR count). The van der Waals surface area contributed by atoms with Crippen molar-refractivity contribution < 1.29 is 22.8 Å². The number of halogens is 3. The third kappa shape index (κ3) is 4.84. The number of carbonyl (C=O) groups excluding carboxylic acids is 2. The zero-order chi connectivity index (χ0) is 19.1. The molecule has 26 heavy (non-hydrogen) atoms. The second kappa shape index (κ2) is 9.03. The van der Waals surface area contributed by atoms with Gasteiger partial charge < -0.3 is 10.6 Å². The lowest BCUT2D eigenvalue weighted by Gasteiger charge is -2.16. The smallest absolute Gasteiger partial charge is 0.243 e. The van der Waals surface area contributed by atoms with Gasteiger partial charge in [-0.25, -0.2) is 13.2 Å². The van der Waals surface area contributed by atoms with Crippen molar-refractivity contribution in [3.63, 3.8) is 0 Å². The van der Waals surface area contributed by atoms with Crippen LogP contribution in [0.15, 0.2) is 42.5 Å². The number of hydrogen-bond acceptors (Lipinski definition) is 2. The fraction of sp³-hybridized carbons (Fsp3) is 0.263. The highest BCUT2D eigenvalue weighted by atomic mass is 19.2. The van der Waals surface area contributed by atoms with Crippen molar-refractivity contribution in [1.82, 2.24) is 5.32 Å². The van der Waals surface area contributed by atoms with Gasteiger partial charge in [-0.1, -0.05) is 43.7 Å². The lowest BCUT2D eigenvalue weighted by atomic mass is 9.94. The molecule has 138 valence electrons. The highest BCUT2D eigenvalue weighted by Gasteiger charge is 2.20. The lowest BCUT2D eigenvalue weighted by molar-refractivity contribution is -0.125. The van der Waals surface area contributed by atoms with E-state index in [4.69, 9.17) is 0 Å². The topological polar surface area (TPSA) is 58.2 Å². The first-order valence-electron chi connectivity index (χ1n) is 8.20. The Morgan fingerprint density at radius 2 is 1.69 bits per heavy atom. The molecule has 0 bridgehead atoms. The van der Waals surface area contributed by atoms with E-state index in [2.05, 4.69) is 10.6 Å². The molecule has 0 fully saturated rings. The molecule has 0 aliphatic heterocycles. The largest absolute Gasteiger partial charge is 0.346 e. The first kappa shape index (κ1) is 19.5. The van der Waals surface area contributed by atoms with E-state index in [0.29, 0.717) is 12.5 Å². The molecule has 0 saturated heterocycles. The predicted molar refractivity (Wildman–Crippen MR) is 92.0 cm³/mol. The van der Waals surface area contributed by atoms with Crippen LogP contribution >= 0.6 is 0 Å². The van der Waals surface area contributed by atoms with Gasteiger partial charge in [0.05, 0.1) is 18.2 Å². The van der Waals surface area contributed by atoms with E-state index in [1.165, 1.54) is 0 Å². The zero-order valence-electron chi connectivity index (χ0n) is 14.2. The number of rotatable bonds is 7. The number of benzene rings is 2. The molecule has 4 nitrogen and oxygen atoms in total. The highest BCUT2D eigenvalue weighted by molar-refractivity contribution is 5.95. The van der Waals surface area contributed by atoms with E-state index in [0.717, 1.165) is 18.1 Å². The van der Waals surface area contributed by atoms with E-state index in [1.807, 2.05) is 37.3 Å². The first-order valence-corrected chi connectivity index (χ1v) is 8.20. The summed E-state index contributed by atoms with van der Waals surface area (Å²) in [4.78, 5) is 24.3. The molecule has 0 aliphatic carbocycles. The van der Waals surface area contributed by atoms with Gasteiger partial charge in [0.1, 0.15) is 0 Å². The Morgan fingerprint density at radius 3 is 2.35 bits per heavy atom. The standard InChI is InChI=1S/C19H19F3N2O2/c1-2-6-13(12-7-4-3-5-8-12)19(26)23-11-16(25)24-15-10-9-14(20)17(21)18(15)22/h3-5,7-10,13H,2,6,11H2,1H3,(H,23,26)(H,24,25). The number of carbonyl (C=O) groups is 2. The summed E-state index contributed by atoms with van der Waals surface area (Å²) >= 11 is 0. The van der Waals surface area contributed by atoms with Crippen molar-refractivity contribution in [2.24, 2.45) is 0 Å². The number of hydrogen-bond donors (Lipinski definition) is 2. The molecule has 1 atom stereocenters. The lowest BCUT2D eigenvalue weighted by Crippen LogP contribution is -2.36. The Balaban J connectivity index is 1.97. The van der Waals surface area contributed by atoms with Gasteiger partial charge in [-0.15, -0.1) is 0 Å². The summed E-state index contributed by atoms with van der Waals surface area (Å²) in [5.41, 5.74) is 0.343. The van der Waals surface area contributed by atoms with Crippen LogP contribution in [-0.2, 0) is 9.59 Å².